The Labute approximate surface area is 148 Å². The molecule has 130 valence electrons. The number of methoxy groups -OCH3 is 1. The number of rotatable bonds is 4. The van der Waals surface area contributed by atoms with Crippen molar-refractivity contribution in [3.63, 3.8) is 0 Å². The molecule has 1 aromatic heterocycles. The molecule has 0 saturated heterocycles. The van der Waals surface area contributed by atoms with E-state index >= 15 is 0 Å². The van der Waals surface area contributed by atoms with Crippen LogP contribution in [-0.2, 0) is 10.0 Å². The highest BCUT2D eigenvalue weighted by atomic mass is 35.5. The quantitative estimate of drug-likeness (QED) is 0.722. The van der Waals surface area contributed by atoms with Crippen molar-refractivity contribution in [3.05, 3.63) is 53.2 Å². The van der Waals surface area contributed by atoms with Crippen LogP contribution in [0.25, 0.3) is 11.0 Å². The molecule has 0 spiro atoms. The van der Waals surface area contributed by atoms with E-state index in [9.17, 15) is 13.2 Å². The molecule has 0 aliphatic carbocycles. The maximum Gasteiger partial charge on any atom is 0.291 e. The van der Waals surface area contributed by atoms with Gasteiger partial charge < -0.3 is 14.5 Å². The number of primary sulfonamides is 1. The smallest absolute Gasteiger partial charge is 0.291 e. The maximum absolute atomic E-state index is 12.4. The molecular formula is C16H13ClN2O5S. The third-order valence-corrected chi connectivity index (χ3v) is 4.60. The van der Waals surface area contributed by atoms with E-state index in [0.717, 1.165) is 0 Å². The van der Waals surface area contributed by atoms with E-state index < -0.39 is 15.9 Å². The lowest BCUT2D eigenvalue weighted by Crippen LogP contribution is -2.15. The molecule has 7 nitrogen and oxygen atoms in total. The Morgan fingerprint density at radius 1 is 1.20 bits per heavy atom. The molecule has 0 aliphatic heterocycles. The van der Waals surface area contributed by atoms with Crippen LogP contribution in [0.5, 0.6) is 5.75 Å². The lowest BCUT2D eigenvalue weighted by molar-refractivity contribution is 0.0998. The van der Waals surface area contributed by atoms with E-state index in [4.69, 9.17) is 25.9 Å². The lowest BCUT2D eigenvalue weighted by Gasteiger charge is -2.10. The second-order valence-electron chi connectivity index (χ2n) is 5.15. The van der Waals surface area contributed by atoms with Gasteiger partial charge in [-0.2, -0.15) is 0 Å². The molecule has 0 saturated carbocycles. The Morgan fingerprint density at radius 3 is 2.64 bits per heavy atom. The van der Waals surface area contributed by atoms with E-state index in [2.05, 4.69) is 5.32 Å². The van der Waals surface area contributed by atoms with E-state index in [1.54, 1.807) is 18.2 Å². The summed E-state index contributed by atoms with van der Waals surface area (Å²) in [5.74, 6) is -0.252. The van der Waals surface area contributed by atoms with Gasteiger partial charge in [0.25, 0.3) is 5.91 Å². The predicted molar refractivity (Wildman–Crippen MR) is 93.5 cm³/mol. The predicted octanol–water partition coefficient (Wildman–Crippen LogP) is 2.99. The minimum atomic E-state index is -3.92. The van der Waals surface area contributed by atoms with Crippen LogP contribution < -0.4 is 15.2 Å². The zero-order valence-electron chi connectivity index (χ0n) is 12.9. The van der Waals surface area contributed by atoms with Gasteiger partial charge in [0.2, 0.25) is 10.0 Å². The second-order valence-corrected chi connectivity index (χ2v) is 7.15. The van der Waals surface area contributed by atoms with Gasteiger partial charge in [0.05, 0.1) is 17.7 Å². The summed E-state index contributed by atoms with van der Waals surface area (Å²) >= 11 is 5.91. The number of ether oxygens (including phenoxy) is 1. The van der Waals surface area contributed by atoms with Gasteiger partial charge in [-0.1, -0.05) is 11.6 Å². The van der Waals surface area contributed by atoms with Crippen LogP contribution in [0.1, 0.15) is 10.6 Å². The number of carbonyl (C=O) groups is 1. The number of furan rings is 1. The molecule has 0 atom stereocenters. The van der Waals surface area contributed by atoms with Gasteiger partial charge in [-0.3, -0.25) is 4.79 Å². The number of nitrogens with two attached hydrogens (primary N) is 1. The molecule has 0 fully saturated rings. The van der Waals surface area contributed by atoms with Gasteiger partial charge in [0.1, 0.15) is 11.3 Å². The van der Waals surface area contributed by atoms with Crippen LogP contribution in [-0.4, -0.2) is 21.4 Å². The SMILES string of the molecule is COc1ccc(S(N)(=O)=O)cc1NC(=O)c1cc2cc(Cl)ccc2o1. The molecule has 25 heavy (non-hydrogen) atoms. The normalized spacial score (nSPS) is 11.5. The molecule has 9 heteroatoms. The molecule has 3 aromatic rings. The summed E-state index contributed by atoms with van der Waals surface area (Å²) in [7, 11) is -2.53. The van der Waals surface area contributed by atoms with Crippen LogP contribution in [0.15, 0.2) is 51.8 Å². The van der Waals surface area contributed by atoms with Gasteiger partial charge >= 0.3 is 0 Å². The fourth-order valence-electron chi connectivity index (χ4n) is 2.27. The first-order valence-electron chi connectivity index (χ1n) is 6.99. The van der Waals surface area contributed by atoms with Crippen molar-refractivity contribution in [1.82, 2.24) is 0 Å². The molecule has 3 N–H and O–H groups in total. The molecular weight excluding hydrogens is 368 g/mol. The zero-order valence-corrected chi connectivity index (χ0v) is 14.5. The van der Waals surface area contributed by atoms with Gasteiger partial charge in [-0.15, -0.1) is 0 Å². The van der Waals surface area contributed by atoms with Crippen molar-refractivity contribution in [2.75, 3.05) is 12.4 Å². The standard InChI is InChI=1S/C16H13ClN2O5S/c1-23-14-5-3-11(25(18,21)22)8-12(14)19-16(20)15-7-9-6-10(17)2-4-13(9)24-15/h2-8H,1H3,(H,19,20)(H2,18,21,22). The van der Waals surface area contributed by atoms with Crippen LogP contribution in [0.4, 0.5) is 5.69 Å². The zero-order chi connectivity index (χ0) is 18.2. The van der Waals surface area contributed by atoms with Crippen molar-refractivity contribution in [2.24, 2.45) is 5.14 Å². The Bertz CT molecular complexity index is 1080. The first-order chi connectivity index (χ1) is 11.8. The summed E-state index contributed by atoms with van der Waals surface area (Å²) in [6.45, 7) is 0. The first kappa shape index (κ1) is 17.3. The molecule has 0 radical (unpaired) electrons. The van der Waals surface area contributed by atoms with E-state index in [-0.39, 0.29) is 22.1 Å². The summed E-state index contributed by atoms with van der Waals surface area (Å²) in [5, 5.41) is 8.85. The number of benzene rings is 2. The van der Waals surface area contributed by atoms with Crippen molar-refractivity contribution < 1.29 is 22.4 Å². The minimum Gasteiger partial charge on any atom is -0.495 e. The van der Waals surface area contributed by atoms with Gasteiger partial charge in [0, 0.05) is 10.4 Å². The second kappa shape index (κ2) is 6.40. The summed E-state index contributed by atoms with van der Waals surface area (Å²) < 4.78 is 33.6. The van der Waals surface area contributed by atoms with Crippen LogP contribution in [0.3, 0.4) is 0 Å². The number of amides is 1. The molecule has 1 heterocycles. The van der Waals surface area contributed by atoms with Crippen LogP contribution in [0.2, 0.25) is 5.02 Å². The number of halogens is 1. The highest BCUT2D eigenvalue weighted by Crippen LogP contribution is 2.29. The lowest BCUT2D eigenvalue weighted by atomic mass is 10.2. The molecule has 3 rings (SSSR count). The Hall–Kier alpha value is -2.55. The Morgan fingerprint density at radius 2 is 1.96 bits per heavy atom. The van der Waals surface area contributed by atoms with Crippen molar-refractivity contribution in [2.45, 2.75) is 4.90 Å². The number of carbonyl (C=O) groups excluding carboxylic acids is 1. The summed E-state index contributed by atoms with van der Waals surface area (Å²) in [6, 6.07) is 10.4. The average Bonchev–Trinajstić information content (AvgIpc) is 2.97. The van der Waals surface area contributed by atoms with E-state index in [0.29, 0.717) is 16.0 Å². The van der Waals surface area contributed by atoms with E-state index in [1.165, 1.54) is 31.4 Å². The Balaban J connectivity index is 1.96. The van der Waals surface area contributed by atoms with Gasteiger partial charge in [-0.25, -0.2) is 13.6 Å². The number of anilines is 1. The van der Waals surface area contributed by atoms with E-state index in [1.807, 2.05) is 0 Å². The maximum atomic E-state index is 12.4. The number of sulfonamides is 1. The van der Waals surface area contributed by atoms with Gasteiger partial charge in [0.15, 0.2) is 5.76 Å². The number of fused-ring (bicyclic) bond motifs is 1. The van der Waals surface area contributed by atoms with Crippen molar-refractivity contribution in [3.8, 4) is 5.75 Å². The fraction of sp³-hybridized carbons (Fsp3) is 0.0625. The molecule has 1 amide bonds. The first-order valence-corrected chi connectivity index (χ1v) is 8.91. The largest absolute Gasteiger partial charge is 0.495 e. The molecule has 2 aromatic carbocycles. The summed E-state index contributed by atoms with van der Waals surface area (Å²) in [5.41, 5.74) is 0.650. The van der Waals surface area contributed by atoms with Crippen LogP contribution in [0, 0.1) is 0 Å². The van der Waals surface area contributed by atoms with Crippen LogP contribution >= 0.6 is 11.6 Å². The highest BCUT2D eigenvalue weighted by Gasteiger charge is 2.17. The number of hydrogen-bond donors (Lipinski definition) is 2. The highest BCUT2D eigenvalue weighted by molar-refractivity contribution is 7.89. The number of nitrogens with one attached hydrogen (secondary N) is 1. The van der Waals surface area contributed by atoms with Crippen molar-refractivity contribution in [1.29, 1.82) is 0 Å². The Kier molecular flexibility index (Phi) is 4.42. The third-order valence-electron chi connectivity index (χ3n) is 3.45. The molecule has 0 bridgehead atoms. The summed E-state index contributed by atoms with van der Waals surface area (Å²) in [4.78, 5) is 12.3. The topological polar surface area (TPSA) is 112 Å². The van der Waals surface area contributed by atoms with Gasteiger partial charge in [-0.05, 0) is 42.5 Å². The number of hydrogen-bond acceptors (Lipinski definition) is 5. The third kappa shape index (κ3) is 3.60. The minimum absolute atomic E-state index is 0.0420. The van der Waals surface area contributed by atoms with Crippen molar-refractivity contribution >= 4 is 44.2 Å². The molecule has 0 aliphatic rings. The average molecular weight is 381 g/mol. The summed E-state index contributed by atoms with van der Waals surface area (Å²) in [6.07, 6.45) is 0. The molecule has 0 unspecified atom stereocenters. The monoisotopic (exact) mass is 380 g/mol. The fourth-order valence-corrected chi connectivity index (χ4v) is 2.99.